The third-order valence-electron chi connectivity index (χ3n) is 6.15. The van der Waals surface area contributed by atoms with Crippen LogP contribution in [0.15, 0.2) is 59.5 Å². The topological polar surface area (TPSA) is 69.7 Å². The van der Waals surface area contributed by atoms with E-state index in [9.17, 15) is 17.6 Å². The first kappa shape index (κ1) is 21.9. The summed E-state index contributed by atoms with van der Waals surface area (Å²) in [5, 5.41) is 3.15. The van der Waals surface area contributed by atoms with Gasteiger partial charge in [0.2, 0.25) is 15.9 Å². The van der Waals surface area contributed by atoms with Crippen molar-refractivity contribution in [3.8, 4) is 0 Å². The monoisotopic (exact) mass is 445 g/mol. The van der Waals surface area contributed by atoms with E-state index in [1.165, 1.54) is 28.1 Å². The zero-order chi connectivity index (χ0) is 21.8. The van der Waals surface area contributed by atoms with Crippen molar-refractivity contribution in [1.29, 1.82) is 0 Å². The quantitative estimate of drug-likeness (QED) is 0.742. The minimum Gasteiger partial charge on any atom is -0.352 e. The average molecular weight is 446 g/mol. The van der Waals surface area contributed by atoms with Crippen molar-refractivity contribution in [3.63, 3.8) is 0 Å². The van der Waals surface area contributed by atoms with Crippen LogP contribution in [-0.2, 0) is 21.4 Å². The van der Waals surface area contributed by atoms with Crippen LogP contribution in [0.4, 0.5) is 4.39 Å². The summed E-state index contributed by atoms with van der Waals surface area (Å²) in [7, 11) is -3.88. The number of carbonyl (C=O) groups is 1. The zero-order valence-corrected chi connectivity index (χ0v) is 18.2. The lowest BCUT2D eigenvalue weighted by molar-refractivity contribution is -0.126. The van der Waals surface area contributed by atoms with E-state index >= 15 is 0 Å². The third-order valence-corrected chi connectivity index (χ3v) is 8.08. The SMILES string of the molecule is O=C(NC1CCN(Cc2ccccc2)C1)C1CCN(S(=O)(=O)c2ccccc2F)CC1. The summed E-state index contributed by atoms with van der Waals surface area (Å²) in [6.45, 7) is 3.08. The first-order valence-electron chi connectivity index (χ1n) is 10.7. The van der Waals surface area contributed by atoms with Crippen molar-refractivity contribution < 1.29 is 17.6 Å². The summed E-state index contributed by atoms with van der Waals surface area (Å²) in [4.78, 5) is 14.8. The molecular formula is C23H28FN3O3S. The van der Waals surface area contributed by atoms with Crippen LogP contribution in [0.1, 0.15) is 24.8 Å². The summed E-state index contributed by atoms with van der Waals surface area (Å²) in [6, 6.07) is 15.8. The number of hydrogen-bond donors (Lipinski definition) is 1. The molecule has 0 aliphatic carbocycles. The number of sulfonamides is 1. The molecule has 0 saturated carbocycles. The maximum atomic E-state index is 14.0. The van der Waals surface area contributed by atoms with Gasteiger partial charge in [-0.05, 0) is 37.0 Å². The van der Waals surface area contributed by atoms with Crippen LogP contribution < -0.4 is 5.32 Å². The first-order valence-corrected chi connectivity index (χ1v) is 12.2. The second kappa shape index (κ2) is 9.46. The molecule has 1 unspecified atom stereocenters. The Hall–Kier alpha value is -2.29. The van der Waals surface area contributed by atoms with E-state index in [1.807, 2.05) is 18.2 Å². The Bertz CT molecular complexity index is 1010. The molecule has 0 radical (unpaired) electrons. The molecule has 8 heteroatoms. The molecule has 2 aliphatic heterocycles. The minimum absolute atomic E-state index is 0.00509. The molecule has 1 atom stereocenters. The fraction of sp³-hybridized carbons (Fsp3) is 0.435. The van der Waals surface area contributed by atoms with Crippen LogP contribution in [0.5, 0.6) is 0 Å². The maximum Gasteiger partial charge on any atom is 0.245 e. The predicted molar refractivity (Wildman–Crippen MR) is 116 cm³/mol. The van der Waals surface area contributed by atoms with Gasteiger partial charge in [-0.15, -0.1) is 0 Å². The van der Waals surface area contributed by atoms with Gasteiger partial charge in [-0.2, -0.15) is 4.31 Å². The third kappa shape index (κ3) is 5.14. The molecule has 6 nitrogen and oxygen atoms in total. The lowest BCUT2D eigenvalue weighted by Crippen LogP contribution is -2.46. The van der Waals surface area contributed by atoms with Gasteiger partial charge in [0.15, 0.2) is 0 Å². The Morgan fingerprint density at radius 1 is 0.968 bits per heavy atom. The highest BCUT2D eigenvalue weighted by molar-refractivity contribution is 7.89. The molecule has 0 spiro atoms. The van der Waals surface area contributed by atoms with Crippen LogP contribution in [0.3, 0.4) is 0 Å². The van der Waals surface area contributed by atoms with E-state index in [1.54, 1.807) is 0 Å². The van der Waals surface area contributed by atoms with Crippen molar-refractivity contribution in [1.82, 2.24) is 14.5 Å². The van der Waals surface area contributed by atoms with E-state index in [4.69, 9.17) is 0 Å². The molecule has 2 aliphatic rings. The fourth-order valence-corrected chi connectivity index (χ4v) is 5.94. The molecule has 4 rings (SSSR count). The molecule has 0 aromatic heterocycles. The average Bonchev–Trinajstić information content (AvgIpc) is 3.21. The van der Waals surface area contributed by atoms with E-state index in [0.29, 0.717) is 12.8 Å². The summed E-state index contributed by atoms with van der Waals surface area (Å²) >= 11 is 0. The highest BCUT2D eigenvalue weighted by Crippen LogP contribution is 2.26. The Morgan fingerprint density at radius 2 is 1.65 bits per heavy atom. The van der Waals surface area contributed by atoms with Crippen molar-refractivity contribution in [2.75, 3.05) is 26.2 Å². The van der Waals surface area contributed by atoms with E-state index in [-0.39, 0.29) is 35.9 Å². The molecule has 1 N–H and O–H groups in total. The molecular weight excluding hydrogens is 417 g/mol. The molecule has 2 heterocycles. The number of benzene rings is 2. The number of halogens is 1. The smallest absolute Gasteiger partial charge is 0.245 e. The molecule has 2 aromatic rings. The number of nitrogens with one attached hydrogen (secondary N) is 1. The number of piperidine rings is 1. The van der Waals surface area contributed by atoms with E-state index in [0.717, 1.165) is 32.1 Å². The van der Waals surface area contributed by atoms with E-state index in [2.05, 4.69) is 22.3 Å². The van der Waals surface area contributed by atoms with Gasteiger partial charge in [0, 0.05) is 44.7 Å². The summed E-state index contributed by atoms with van der Waals surface area (Å²) in [5.41, 5.74) is 1.26. The Kier molecular flexibility index (Phi) is 6.69. The zero-order valence-electron chi connectivity index (χ0n) is 17.4. The normalized spacial score (nSPS) is 21.3. The summed E-state index contributed by atoms with van der Waals surface area (Å²) in [6.07, 6.45) is 1.80. The lowest BCUT2D eigenvalue weighted by Gasteiger charge is -2.31. The number of nitrogens with zero attached hydrogens (tertiary/aromatic N) is 2. The number of likely N-dealkylation sites (tertiary alicyclic amines) is 1. The van der Waals surface area contributed by atoms with E-state index < -0.39 is 15.8 Å². The predicted octanol–water partition coefficient (Wildman–Crippen LogP) is 2.62. The van der Waals surface area contributed by atoms with Gasteiger partial charge >= 0.3 is 0 Å². The Morgan fingerprint density at radius 3 is 2.35 bits per heavy atom. The van der Waals surface area contributed by atoms with Crippen molar-refractivity contribution >= 4 is 15.9 Å². The van der Waals surface area contributed by atoms with Crippen LogP contribution in [0.25, 0.3) is 0 Å². The molecule has 2 saturated heterocycles. The molecule has 31 heavy (non-hydrogen) atoms. The number of carbonyl (C=O) groups excluding carboxylic acids is 1. The standard InChI is InChI=1S/C23H28FN3O3S/c24-21-8-4-5-9-22(21)31(29,30)27-14-10-19(11-15-27)23(28)25-20-12-13-26(17-20)16-18-6-2-1-3-7-18/h1-9,19-20H,10-17H2,(H,25,28). The highest BCUT2D eigenvalue weighted by Gasteiger charge is 2.34. The van der Waals surface area contributed by atoms with Gasteiger partial charge < -0.3 is 5.32 Å². The maximum absolute atomic E-state index is 14.0. The van der Waals surface area contributed by atoms with Gasteiger partial charge in [-0.25, -0.2) is 12.8 Å². The first-order chi connectivity index (χ1) is 14.9. The Labute approximate surface area is 183 Å². The number of rotatable bonds is 6. The van der Waals surface area contributed by atoms with Gasteiger partial charge in [-0.3, -0.25) is 9.69 Å². The van der Waals surface area contributed by atoms with Crippen molar-refractivity contribution in [2.24, 2.45) is 5.92 Å². The van der Waals surface area contributed by atoms with Crippen LogP contribution in [0, 0.1) is 11.7 Å². The second-order valence-corrected chi connectivity index (χ2v) is 10.2. The summed E-state index contributed by atoms with van der Waals surface area (Å²) in [5.74, 6) is -0.964. The molecule has 2 fully saturated rings. The van der Waals surface area contributed by atoms with Gasteiger partial charge in [-0.1, -0.05) is 42.5 Å². The Balaban J connectivity index is 1.27. The largest absolute Gasteiger partial charge is 0.352 e. The molecule has 166 valence electrons. The number of amides is 1. The summed E-state index contributed by atoms with van der Waals surface area (Å²) < 4.78 is 40.7. The van der Waals surface area contributed by atoms with Crippen molar-refractivity contribution in [3.05, 3.63) is 66.0 Å². The lowest BCUT2D eigenvalue weighted by atomic mass is 9.97. The number of hydrogen-bond acceptors (Lipinski definition) is 4. The van der Waals surface area contributed by atoms with Crippen LogP contribution >= 0.6 is 0 Å². The fourth-order valence-electron chi connectivity index (χ4n) is 4.41. The molecule has 1 amide bonds. The van der Waals surface area contributed by atoms with Gasteiger partial charge in [0.1, 0.15) is 10.7 Å². The highest BCUT2D eigenvalue weighted by atomic mass is 32.2. The van der Waals surface area contributed by atoms with Gasteiger partial charge in [0.05, 0.1) is 0 Å². The second-order valence-electron chi connectivity index (χ2n) is 8.32. The van der Waals surface area contributed by atoms with Crippen LogP contribution in [-0.4, -0.2) is 55.8 Å². The van der Waals surface area contributed by atoms with Gasteiger partial charge in [0.25, 0.3) is 0 Å². The molecule has 0 bridgehead atoms. The van der Waals surface area contributed by atoms with Crippen molar-refractivity contribution in [2.45, 2.75) is 36.7 Å². The molecule has 2 aromatic carbocycles. The van der Waals surface area contributed by atoms with Crippen LogP contribution in [0.2, 0.25) is 0 Å². The minimum atomic E-state index is -3.88.